The molecule has 1 N–H and O–H groups in total. The van der Waals surface area contributed by atoms with E-state index >= 15 is 0 Å². The first-order valence-corrected chi connectivity index (χ1v) is 10.3. The van der Waals surface area contributed by atoms with Crippen molar-refractivity contribution in [3.63, 3.8) is 0 Å². The van der Waals surface area contributed by atoms with E-state index in [1.807, 2.05) is 12.3 Å². The van der Waals surface area contributed by atoms with Gasteiger partial charge in [-0.3, -0.25) is 9.69 Å². The van der Waals surface area contributed by atoms with E-state index in [2.05, 4.69) is 21.7 Å². The van der Waals surface area contributed by atoms with Crippen LogP contribution in [-0.4, -0.2) is 49.6 Å². The molecule has 1 aliphatic heterocycles. The Bertz CT molecular complexity index is 862. The normalized spacial score (nSPS) is 17.6. The van der Waals surface area contributed by atoms with Crippen molar-refractivity contribution in [2.45, 2.75) is 31.8 Å². The first-order chi connectivity index (χ1) is 13.9. The molecular formula is C21H24N2O5S. The van der Waals surface area contributed by atoms with Gasteiger partial charge in [0.2, 0.25) is 5.91 Å². The van der Waals surface area contributed by atoms with E-state index in [1.54, 1.807) is 11.3 Å². The second-order valence-electron chi connectivity index (χ2n) is 6.90. The van der Waals surface area contributed by atoms with Gasteiger partial charge >= 0.3 is 11.9 Å². The van der Waals surface area contributed by atoms with Gasteiger partial charge in [-0.05, 0) is 66.9 Å². The molecule has 0 aliphatic carbocycles. The lowest BCUT2D eigenvalue weighted by atomic mass is 10.1. The lowest BCUT2D eigenvalue weighted by molar-refractivity contribution is -0.121. The molecular weight excluding hydrogens is 392 g/mol. The number of esters is 2. The van der Waals surface area contributed by atoms with Crippen LogP contribution in [0.15, 0.2) is 35.0 Å². The van der Waals surface area contributed by atoms with Gasteiger partial charge in [0.05, 0.1) is 31.4 Å². The molecule has 8 heteroatoms. The second kappa shape index (κ2) is 9.19. The predicted octanol–water partition coefficient (Wildman–Crippen LogP) is 3.49. The Kier molecular flexibility index (Phi) is 6.66. The molecule has 3 rings (SSSR count). The van der Waals surface area contributed by atoms with Gasteiger partial charge in [0.25, 0.3) is 0 Å². The highest BCUT2D eigenvalue weighted by Gasteiger charge is 2.33. The number of nitrogens with one attached hydrogen (secondary N) is 1. The number of thiophene rings is 1. The SMILES string of the molecule is COC(=O)c1cc(NC(=O)[C@@H](C)N2CCC[C@@H]2c2ccsc2)cc(C(=O)OC)c1. The molecule has 1 saturated heterocycles. The van der Waals surface area contributed by atoms with Crippen molar-refractivity contribution in [2.75, 3.05) is 26.1 Å². The van der Waals surface area contributed by atoms with Gasteiger partial charge in [0.1, 0.15) is 0 Å². The number of methoxy groups -OCH3 is 2. The lowest BCUT2D eigenvalue weighted by Crippen LogP contribution is -2.41. The molecule has 2 atom stereocenters. The summed E-state index contributed by atoms with van der Waals surface area (Å²) in [5.74, 6) is -1.40. The largest absolute Gasteiger partial charge is 0.465 e. The molecule has 0 radical (unpaired) electrons. The maximum atomic E-state index is 12.9. The van der Waals surface area contributed by atoms with E-state index < -0.39 is 11.9 Å². The number of carbonyl (C=O) groups excluding carboxylic acids is 3. The lowest BCUT2D eigenvalue weighted by Gasteiger charge is -2.29. The van der Waals surface area contributed by atoms with E-state index in [0.29, 0.717) is 5.69 Å². The number of hydrogen-bond acceptors (Lipinski definition) is 7. The van der Waals surface area contributed by atoms with E-state index in [0.717, 1.165) is 19.4 Å². The highest BCUT2D eigenvalue weighted by molar-refractivity contribution is 7.08. The zero-order valence-corrected chi connectivity index (χ0v) is 17.5. The van der Waals surface area contributed by atoms with Crippen LogP contribution in [0.2, 0.25) is 0 Å². The van der Waals surface area contributed by atoms with E-state index in [9.17, 15) is 14.4 Å². The molecule has 7 nitrogen and oxygen atoms in total. The van der Waals surface area contributed by atoms with Crippen LogP contribution in [-0.2, 0) is 14.3 Å². The fourth-order valence-corrected chi connectivity index (χ4v) is 4.35. The number of rotatable bonds is 6. The average molecular weight is 416 g/mol. The standard InChI is InChI=1S/C21H24N2O5S/c1-13(23-7-4-5-18(23)14-6-8-29-12-14)19(24)22-17-10-15(20(25)27-2)9-16(11-17)21(26)28-3/h6,8-13,18H,4-5,7H2,1-3H3,(H,22,24)/t13-,18-/m1/s1. The number of amides is 1. The molecule has 2 heterocycles. The van der Waals surface area contributed by atoms with Crippen molar-refractivity contribution >= 4 is 34.9 Å². The number of carbonyl (C=O) groups is 3. The minimum atomic E-state index is -0.601. The minimum Gasteiger partial charge on any atom is -0.465 e. The number of benzene rings is 1. The van der Waals surface area contributed by atoms with Crippen LogP contribution in [0.3, 0.4) is 0 Å². The van der Waals surface area contributed by atoms with Gasteiger partial charge < -0.3 is 14.8 Å². The molecule has 2 aromatic rings. The second-order valence-corrected chi connectivity index (χ2v) is 7.68. The monoisotopic (exact) mass is 416 g/mol. The van der Waals surface area contributed by atoms with Crippen LogP contribution in [0.5, 0.6) is 0 Å². The van der Waals surface area contributed by atoms with E-state index in [1.165, 1.54) is 38.0 Å². The smallest absolute Gasteiger partial charge is 0.337 e. The molecule has 1 aromatic carbocycles. The van der Waals surface area contributed by atoms with Crippen LogP contribution >= 0.6 is 11.3 Å². The van der Waals surface area contributed by atoms with Crippen molar-refractivity contribution in [1.82, 2.24) is 4.90 Å². The van der Waals surface area contributed by atoms with Gasteiger partial charge in [-0.1, -0.05) is 0 Å². The summed E-state index contributed by atoms with van der Waals surface area (Å²) in [6.07, 6.45) is 2.04. The van der Waals surface area contributed by atoms with Crippen molar-refractivity contribution < 1.29 is 23.9 Å². The highest BCUT2D eigenvalue weighted by Crippen LogP contribution is 2.34. The quantitative estimate of drug-likeness (QED) is 0.726. The third-order valence-electron chi connectivity index (χ3n) is 5.14. The van der Waals surface area contributed by atoms with Crippen LogP contribution in [0, 0.1) is 0 Å². The molecule has 0 spiro atoms. The summed E-state index contributed by atoms with van der Waals surface area (Å²) < 4.78 is 9.48. The van der Waals surface area contributed by atoms with Gasteiger partial charge in [0.15, 0.2) is 0 Å². The Morgan fingerprint density at radius 1 is 1.14 bits per heavy atom. The maximum absolute atomic E-state index is 12.9. The first-order valence-electron chi connectivity index (χ1n) is 9.35. The molecule has 1 aliphatic rings. The first kappa shape index (κ1) is 21.0. The Balaban J connectivity index is 1.80. The predicted molar refractivity (Wildman–Crippen MR) is 110 cm³/mol. The van der Waals surface area contributed by atoms with Crippen LogP contribution in [0.25, 0.3) is 0 Å². The van der Waals surface area contributed by atoms with Crippen LogP contribution < -0.4 is 5.32 Å². The van der Waals surface area contributed by atoms with Crippen LogP contribution in [0.1, 0.15) is 52.1 Å². The third-order valence-corrected chi connectivity index (χ3v) is 5.84. The van der Waals surface area contributed by atoms with E-state index in [4.69, 9.17) is 9.47 Å². The van der Waals surface area contributed by atoms with E-state index in [-0.39, 0.29) is 29.1 Å². The summed E-state index contributed by atoms with van der Waals surface area (Å²) in [5.41, 5.74) is 1.90. The van der Waals surface area contributed by atoms with Crippen molar-refractivity contribution in [1.29, 1.82) is 0 Å². The molecule has 29 heavy (non-hydrogen) atoms. The van der Waals surface area contributed by atoms with Gasteiger partial charge in [-0.15, -0.1) is 0 Å². The minimum absolute atomic E-state index is 0.163. The molecule has 1 amide bonds. The molecule has 1 fully saturated rings. The molecule has 0 saturated carbocycles. The summed E-state index contributed by atoms with van der Waals surface area (Å²) in [6.45, 7) is 2.70. The summed E-state index contributed by atoms with van der Waals surface area (Å²) >= 11 is 1.65. The number of ether oxygens (including phenoxy) is 2. The van der Waals surface area contributed by atoms with Crippen LogP contribution in [0.4, 0.5) is 5.69 Å². The number of anilines is 1. The summed E-state index contributed by atoms with van der Waals surface area (Å²) in [5, 5.41) is 7.00. The van der Waals surface area contributed by atoms with Gasteiger partial charge in [0, 0.05) is 11.7 Å². The molecule has 0 unspecified atom stereocenters. The molecule has 154 valence electrons. The number of likely N-dealkylation sites (tertiary alicyclic amines) is 1. The topological polar surface area (TPSA) is 84.9 Å². The fraction of sp³-hybridized carbons (Fsp3) is 0.381. The Morgan fingerprint density at radius 2 is 1.79 bits per heavy atom. The third kappa shape index (κ3) is 4.65. The zero-order valence-electron chi connectivity index (χ0n) is 16.6. The molecule has 0 bridgehead atoms. The summed E-state index contributed by atoms with van der Waals surface area (Å²) in [6, 6.07) is 6.30. The van der Waals surface area contributed by atoms with Crippen molar-refractivity contribution in [2.24, 2.45) is 0 Å². The average Bonchev–Trinajstić information content (AvgIpc) is 3.43. The maximum Gasteiger partial charge on any atom is 0.337 e. The Morgan fingerprint density at radius 3 is 2.34 bits per heavy atom. The van der Waals surface area contributed by atoms with Gasteiger partial charge in [-0.25, -0.2) is 9.59 Å². The highest BCUT2D eigenvalue weighted by atomic mass is 32.1. The van der Waals surface area contributed by atoms with Crippen molar-refractivity contribution in [3.05, 3.63) is 51.7 Å². The molecule has 1 aromatic heterocycles. The number of nitrogens with zero attached hydrogens (tertiary/aromatic N) is 1. The van der Waals surface area contributed by atoms with Crippen molar-refractivity contribution in [3.8, 4) is 0 Å². The van der Waals surface area contributed by atoms with Gasteiger partial charge in [-0.2, -0.15) is 11.3 Å². The summed E-state index contributed by atoms with van der Waals surface area (Å²) in [4.78, 5) is 39.0. The summed E-state index contributed by atoms with van der Waals surface area (Å²) in [7, 11) is 2.51. The zero-order chi connectivity index (χ0) is 21.0. The fourth-order valence-electron chi connectivity index (χ4n) is 3.64. The Labute approximate surface area is 173 Å². The number of hydrogen-bond donors (Lipinski definition) is 1. The Hall–Kier alpha value is -2.71.